The molecule has 1 heterocycles. The molecule has 4 rings (SSSR count). The summed E-state index contributed by atoms with van der Waals surface area (Å²) in [6.45, 7) is 1.07. The number of imidazole rings is 1. The van der Waals surface area contributed by atoms with Gasteiger partial charge in [0.2, 0.25) is 0 Å². The number of hydrogen-bond donors (Lipinski definition) is 0. The Kier molecular flexibility index (Phi) is 6.51. The van der Waals surface area contributed by atoms with Gasteiger partial charge in [0.05, 0.1) is 11.0 Å². The van der Waals surface area contributed by atoms with Crippen LogP contribution in [0.15, 0.2) is 54.6 Å². The molecule has 0 N–H and O–H groups in total. The lowest BCUT2D eigenvalue weighted by Gasteiger charge is -2.22. The maximum Gasteiger partial charge on any atom is 0.133 e. The van der Waals surface area contributed by atoms with Crippen molar-refractivity contribution in [3.8, 4) is 0 Å². The standard InChI is InChI=1S/C23H26N2.ClH/c1-3-9-19(10-4-1)15-16-23-24-21-13-7-8-14-22(21)25(23)18-17-20-11-5-2-6-12-20;/h1,3-4,7-10,13-16,20H,2,5-6,11-12,17-18H2;1H. The highest BCUT2D eigenvalue weighted by Gasteiger charge is 2.15. The molecule has 3 heteroatoms. The van der Waals surface area contributed by atoms with Gasteiger partial charge in [-0.25, -0.2) is 4.98 Å². The molecule has 0 radical (unpaired) electrons. The average molecular weight is 367 g/mol. The fourth-order valence-corrected chi connectivity index (χ4v) is 3.98. The molecule has 0 atom stereocenters. The molecule has 3 aromatic rings. The van der Waals surface area contributed by atoms with Crippen LogP contribution in [-0.2, 0) is 6.54 Å². The van der Waals surface area contributed by atoms with E-state index in [4.69, 9.17) is 4.98 Å². The van der Waals surface area contributed by atoms with E-state index in [-0.39, 0.29) is 12.4 Å². The minimum atomic E-state index is 0. The third-order valence-corrected chi connectivity index (χ3v) is 5.39. The highest BCUT2D eigenvalue weighted by Crippen LogP contribution is 2.28. The topological polar surface area (TPSA) is 17.8 Å². The van der Waals surface area contributed by atoms with Gasteiger partial charge in [0.1, 0.15) is 5.82 Å². The van der Waals surface area contributed by atoms with Gasteiger partial charge >= 0.3 is 0 Å². The second-order valence-electron chi connectivity index (χ2n) is 7.15. The van der Waals surface area contributed by atoms with Gasteiger partial charge in [0.25, 0.3) is 0 Å². The predicted molar refractivity (Wildman–Crippen MR) is 114 cm³/mol. The van der Waals surface area contributed by atoms with Crippen molar-refractivity contribution in [1.82, 2.24) is 9.55 Å². The van der Waals surface area contributed by atoms with Gasteiger partial charge in [-0.05, 0) is 36.1 Å². The number of benzene rings is 2. The molecule has 0 unspecified atom stereocenters. The molecule has 2 aromatic carbocycles. The summed E-state index contributed by atoms with van der Waals surface area (Å²) < 4.78 is 2.41. The monoisotopic (exact) mass is 366 g/mol. The number of para-hydroxylation sites is 2. The van der Waals surface area contributed by atoms with Gasteiger partial charge in [-0.2, -0.15) is 0 Å². The first kappa shape index (κ1) is 18.7. The molecule has 0 bridgehead atoms. The summed E-state index contributed by atoms with van der Waals surface area (Å²) in [6, 6.07) is 19.0. The smallest absolute Gasteiger partial charge is 0.133 e. The Morgan fingerprint density at radius 3 is 2.42 bits per heavy atom. The van der Waals surface area contributed by atoms with Crippen molar-refractivity contribution < 1.29 is 0 Å². The lowest BCUT2D eigenvalue weighted by Crippen LogP contribution is -2.11. The molecular formula is C23H27ClN2. The molecular weight excluding hydrogens is 340 g/mol. The molecule has 1 fully saturated rings. The Bertz CT molecular complexity index is 845. The van der Waals surface area contributed by atoms with Gasteiger partial charge < -0.3 is 4.57 Å². The van der Waals surface area contributed by atoms with Gasteiger partial charge in [0, 0.05) is 6.54 Å². The van der Waals surface area contributed by atoms with Crippen molar-refractivity contribution in [3.05, 3.63) is 66.0 Å². The van der Waals surface area contributed by atoms with Crippen LogP contribution in [-0.4, -0.2) is 9.55 Å². The van der Waals surface area contributed by atoms with Crippen LogP contribution in [0, 0.1) is 5.92 Å². The summed E-state index contributed by atoms with van der Waals surface area (Å²) >= 11 is 0. The highest BCUT2D eigenvalue weighted by molar-refractivity contribution is 5.85. The van der Waals surface area contributed by atoms with Crippen molar-refractivity contribution in [3.63, 3.8) is 0 Å². The van der Waals surface area contributed by atoms with E-state index < -0.39 is 0 Å². The van der Waals surface area contributed by atoms with E-state index in [2.05, 4.69) is 71.3 Å². The summed E-state index contributed by atoms with van der Waals surface area (Å²) in [5.74, 6) is 1.96. The van der Waals surface area contributed by atoms with E-state index in [1.165, 1.54) is 49.6 Å². The van der Waals surface area contributed by atoms with E-state index in [9.17, 15) is 0 Å². The molecule has 26 heavy (non-hydrogen) atoms. The van der Waals surface area contributed by atoms with E-state index in [0.29, 0.717) is 0 Å². The fourth-order valence-electron chi connectivity index (χ4n) is 3.98. The third kappa shape index (κ3) is 4.37. The number of fused-ring (bicyclic) bond motifs is 1. The molecule has 1 aliphatic rings. The van der Waals surface area contributed by atoms with Crippen molar-refractivity contribution in [1.29, 1.82) is 0 Å². The number of halogens is 1. The predicted octanol–water partition coefficient (Wildman–Crippen LogP) is 6.60. The summed E-state index contributed by atoms with van der Waals surface area (Å²) in [5.41, 5.74) is 3.57. The number of rotatable bonds is 5. The second kappa shape index (κ2) is 9.05. The Morgan fingerprint density at radius 1 is 0.885 bits per heavy atom. The molecule has 136 valence electrons. The summed E-state index contributed by atoms with van der Waals surface area (Å²) in [6.07, 6.45) is 12.7. The molecule has 0 spiro atoms. The van der Waals surface area contributed by atoms with Gasteiger partial charge in [-0.15, -0.1) is 12.4 Å². The van der Waals surface area contributed by atoms with Crippen LogP contribution < -0.4 is 0 Å². The summed E-state index contributed by atoms with van der Waals surface area (Å²) in [4.78, 5) is 4.87. The Morgan fingerprint density at radius 2 is 1.62 bits per heavy atom. The Balaban J connectivity index is 0.00000196. The van der Waals surface area contributed by atoms with Gasteiger partial charge in [-0.1, -0.05) is 80.6 Å². The van der Waals surface area contributed by atoms with Crippen LogP contribution in [0.2, 0.25) is 0 Å². The zero-order valence-corrected chi connectivity index (χ0v) is 16.0. The first-order valence-corrected chi connectivity index (χ1v) is 9.58. The first-order valence-electron chi connectivity index (χ1n) is 9.58. The van der Waals surface area contributed by atoms with Crippen LogP contribution in [0.4, 0.5) is 0 Å². The SMILES string of the molecule is C(=Cc1nc2ccccc2n1CCC1CCCCC1)c1ccccc1.Cl. The second-order valence-corrected chi connectivity index (χ2v) is 7.15. The van der Waals surface area contributed by atoms with Crippen molar-refractivity contribution >= 4 is 35.6 Å². The normalized spacial score (nSPS) is 15.4. The zero-order chi connectivity index (χ0) is 16.9. The molecule has 1 aromatic heterocycles. The zero-order valence-electron chi connectivity index (χ0n) is 15.2. The number of hydrogen-bond acceptors (Lipinski definition) is 1. The minimum Gasteiger partial charge on any atom is -0.324 e. The van der Waals surface area contributed by atoms with Crippen molar-refractivity contribution in [2.24, 2.45) is 5.92 Å². The number of aryl methyl sites for hydroxylation is 1. The molecule has 0 amide bonds. The van der Waals surface area contributed by atoms with Crippen molar-refractivity contribution in [2.45, 2.75) is 45.1 Å². The van der Waals surface area contributed by atoms with Crippen LogP contribution in [0.3, 0.4) is 0 Å². The molecule has 1 aliphatic carbocycles. The fraction of sp³-hybridized carbons (Fsp3) is 0.348. The maximum absolute atomic E-state index is 4.87. The first-order chi connectivity index (χ1) is 12.4. The average Bonchev–Trinajstić information content (AvgIpc) is 3.04. The maximum atomic E-state index is 4.87. The molecule has 0 saturated heterocycles. The van der Waals surface area contributed by atoms with Crippen LogP contribution in [0.25, 0.3) is 23.2 Å². The molecule has 0 aliphatic heterocycles. The lowest BCUT2D eigenvalue weighted by molar-refractivity contribution is 0.325. The lowest BCUT2D eigenvalue weighted by atomic mass is 9.87. The highest BCUT2D eigenvalue weighted by atomic mass is 35.5. The van der Waals surface area contributed by atoms with E-state index in [1.807, 2.05) is 0 Å². The van der Waals surface area contributed by atoms with Crippen LogP contribution >= 0.6 is 12.4 Å². The quantitative estimate of drug-likeness (QED) is 0.497. The van der Waals surface area contributed by atoms with Gasteiger partial charge in [0.15, 0.2) is 0 Å². The summed E-state index contributed by atoms with van der Waals surface area (Å²) in [7, 11) is 0. The van der Waals surface area contributed by atoms with Crippen LogP contribution in [0.5, 0.6) is 0 Å². The third-order valence-electron chi connectivity index (χ3n) is 5.39. The van der Waals surface area contributed by atoms with E-state index >= 15 is 0 Å². The molecule has 1 saturated carbocycles. The molecule has 2 nitrogen and oxygen atoms in total. The Hall–Kier alpha value is -2.06. The van der Waals surface area contributed by atoms with Crippen LogP contribution in [0.1, 0.15) is 49.9 Å². The van der Waals surface area contributed by atoms with E-state index in [0.717, 1.165) is 23.8 Å². The largest absolute Gasteiger partial charge is 0.324 e. The summed E-state index contributed by atoms with van der Waals surface area (Å²) in [5, 5.41) is 0. The van der Waals surface area contributed by atoms with Gasteiger partial charge in [-0.3, -0.25) is 0 Å². The number of nitrogens with zero attached hydrogens (tertiary/aromatic N) is 2. The minimum absolute atomic E-state index is 0. The Labute approximate surface area is 162 Å². The number of aromatic nitrogens is 2. The van der Waals surface area contributed by atoms with E-state index in [1.54, 1.807) is 0 Å². The van der Waals surface area contributed by atoms with Crippen molar-refractivity contribution in [2.75, 3.05) is 0 Å².